The van der Waals surface area contributed by atoms with Crippen LogP contribution in [0.4, 0.5) is 10.8 Å². The second-order valence-electron chi connectivity index (χ2n) is 8.05. The minimum absolute atomic E-state index is 0.0339. The number of nitro benzene ring substituents is 1. The second-order valence-corrected chi connectivity index (χ2v) is 10.5. The van der Waals surface area contributed by atoms with Gasteiger partial charge in [0.25, 0.3) is 17.5 Å². The molecule has 1 aliphatic rings. The fourth-order valence-corrected chi connectivity index (χ4v) is 4.90. The molecule has 1 fully saturated rings. The Kier molecular flexibility index (Phi) is 10.6. The Bertz CT molecular complexity index is 1580. The minimum atomic E-state index is -5.19. The fraction of sp³-hybridized carbons (Fsp3) is 0.286. The molecule has 2 aromatic rings. The number of β-lactam (4-membered cyclic amide) rings is 1. The molecular weight excluding hydrogens is 644 g/mol. The summed E-state index contributed by atoms with van der Waals surface area (Å²) in [5.74, 6) is -5.93. The van der Waals surface area contributed by atoms with Gasteiger partial charge in [0, 0.05) is 17.5 Å². The fourth-order valence-electron chi connectivity index (χ4n) is 3.29. The first-order valence-electron chi connectivity index (χ1n) is 11.4. The molecule has 3 amide bonds. The lowest BCUT2D eigenvalue weighted by Crippen LogP contribution is -2.74. The Morgan fingerprint density at radius 1 is 1.26 bits per heavy atom. The molecule has 3 N–H and O–H groups in total. The molecule has 0 aliphatic carbocycles. The Hall–Kier alpha value is -4.73. The van der Waals surface area contributed by atoms with E-state index in [1.165, 1.54) is 29.6 Å². The molecule has 0 spiro atoms. The first kappa shape index (κ1) is 32.8. The topological polar surface area (TPSA) is 263 Å². The van der Waals surface area contributed by atoms with Gasteiger partial charge in [-0.2, -0.15) is 12.7 Å². The molecule has 3 rings (SSSR count). The van der Waals surface area contributed by atoms with Crippen molar-refractivity contribution >= 4 is 79.4 Å². The van der Waals surface area contributed by atoms with Crippen molar-refractivity contribution in [3.8, 4) is 0 Å². The number of nitro groups is 1. The van der Waals surface area contributed by atoms with Gasteiger partial charge in [-0.15, -0.1) is 22.9 Å². The number of carbonyl (C=O) groups is 5. The highest BCUT2D eigenvalue weighted by Crippen LogP contribution is 2.25. The third-order valence-corrected chi connectivity index (χ3v) is 7.15. The standard InChI is InChI=1S/C21H19ClN6O13S2/c1-39-20(33)17-16(19(32)27(17)43(36,37)38)25-18(31)15(12-9-42-21(23-12)24-13(29)6-22)26-41-8-14(30)40-7-10-2-4-11(5-3-10)28(34)35/h2-5,9,16-17H,6-8H2,1H3,(H,25,31)(H,23,24,29)(H,36,37,38). The number of carbonyl (C=O) groups excluding carboxylic acids is 5. The van der Waals surface area contributed by atoms with Crippen molar-refractivity contribution in [1.29, 1.82) is 0 Å². The molecule has 0 bridgehead atoms. The van der Waals surface area contributed by atoms with Gasteiger partial charge in [0.1, 0.15) is 24.2 Å². The molecule has 2 unspecified atom stereocenters. The molecule has 230 valence electrons. The van der Waals surface area contributed by atoms with E-state index in [2.05, 4.69) is 25.5 Å². The molecule has 22 heteroatoms. The minimum Gasteiger partial charge on any atom is -0.467 e. The Balaban J connectivity index is 1.75. The van der Waals surface area contributed by atoms with Gasteiger partial charge in [-0.1, -0.05) is 5.16 Å². The van der Waals surface area contributed by atoms with Crippen molar-refractivity contribution in [2.45, 2.75) is 18.7 Å². The number of anilines is 1. The highest BCUT2D eigenvalue weighted by molar-refractivity contribution is 7.84. The zero-order valence-corrected chi connectivity index (χ0v) is 23.9. The van der Waals surface area contributed by atoms with Crippen LogP contribution in [-0.2, 0) is 55.2 Å². The van der Waals surface area contributed by atoms with Crippen LogP contribution in [0.2, 0.25) is 0 Å². The summed E-state index contributed by atoms with van der Waals surface area (Å²) in [5, 5.41) is 19.9. The van der Waals surface area contributed by atoms with E-state index in [1.807, 2.05) is 0 Å². The molecule has 1 aromatic carbocycles. The number of halogens is 1. The number of thiazole rings is 1. The smallest absolute Gasteiger partial charge is 0.363 e. The summed E-state index contributed by atoms with van der Waals surface area (Å²) < 4.78 is 41.5. The summed E-state index contributed by atoms with van der Waals surface area (Å²) in [6.07, 6.45) is 0. The van der Waals surface area contributed by atoms with E-state index >= 15 is 0 Å². The average Bonchev–Trinajstić information content (AvgIpc) is 3.42. The molecule has 0 radical (unpaired) electrons. The van der Waals surface area contributed by atoms with E-state index in [0.29, 0.717) is 5.56 Å². The number of oxime groups is 1. The lowest BCUT2D eigenvalue weighted by atomic mass is 9.98. The number of nitrogens with zero attached hydrogens (tertiary/aromatic N) is 4. The van der Waals surface area contributed by atoms with Crippen LogP contribution in [0, 0.1) is 10.1 Å². The Labute approximate surface area is 249 Å². The number of alkyl halides is 1. The van der Waals surface area contributed by atoms with Crippen molar-refractivity contribution in [2.75, 3.05) is 24.9 Å². The highest BCUT2D eigenvalue weighted by Gasteiger charge is 2.58. The molecule has 43 heavy (non-hydrogen) atoms. The zero-order valence-electron chi connectivity index (χ0n) is 21.5. The van der Waals surface area contributed by atoms with Crippen molar-refractivity contribution < 1.29 is 56.2 Å². The summed E-state index contributed by atoms with van der Waals surface area (Å²) in [4.78, 5) is 80.2. The number of nitrogens with one attached hydrogen (secondary N) is 2. The first-order valence-corrected chi connectivity index (χ1v) is 14.2. The molecule has 1 aliphatic heterocycles. The summed E-state index contributed by atoms with van der Waals surface area (Å²) in [6.45, 7) is -1.14. The van der Waals surface area contributed by atoms with E-state index < -0.39 is 75.2 Å². The van der Waals surface area contributed by atoms with Crippen LogP contribution in [0.15, 0.2) is 34.8 Å². The Morgan fingerprint density at radius 3 is 2.51 bits per heavy atom. The van der Waals surface area contributed by atoms with Crippen LogP contribution in [0.3, 0.4) is 0 Å². The average molecular weight is 663 g/mol. The van der Waals surface area contributed by atoms with Crippen LogP contribution in [0.1, 0.15) is 11.3 Å². The van der Waals surface area contributed by atoms with Gasteiger partial charge in [-0.05, 0) is 17.7 Å². The summed E-state index contributed by atoms with van der Waals surface area (Å²) >= 11 is 6.27. The first-order chi connectivity index (χ1) is 20.3. The summed E-state index contributed by atoms with van der Waals surface area (Å²) in [7, 11) is -4.32. The van der Waals surface area contributed by atoms with Crippen LogP contribution in [0.5, 0.6) is 0 Å². The van der Waals surface area contributed by atoms with Gasteiger partial charge in [0.2, 0.25) is 12.5 Å². The van der Waals surface area contributed by atoms with Crippen molar-refractivity contribution in [1.82, 2.24) is 14.6 Å². The predicted octanol–water partition coefficient (Wildman–Crippen LogP) is -0.636. The van der Waals surface area contributed by atoms with Crippen LogP contribution in [-0.4, -0.2) is 94.2 Å². The number of esters is 2. The van der Waals surface area contributed by atoms with Crippen molar-refractivity contribution in [3.05, 3.63) is 51.0 Å². The molecule has 1 saturated heterocycles. The van der Waals surface area contributed by atoms with E-state index in [4.69, 9.17) is 21.2 Å². The molecule has 2 atom stereocenters. The normalized spacial score (nSPS) is 16.5. The number of benzene rings is 1. The van der Waals surface area contributed by atoms with Gasteiger partial charge in [0.15, 0.2) is 16.9 Å². The number of ether oxygens (including phenoxy) is 2. The lowest BCUT2D eigenvalue weighted by molar-refractivity contribution is -0.384. The molecule has 19 nitrogen and oxygen atoms in total. The SMILES string of the molecule is COC(=O)C1C(NC(=O)C(=NOCC(=O)OCc2ccc([N+](=O)[O-])cc2)c2csc(NC(=O)CCl)n2)C(=O)N1S(=O)(=O)O. The van der Waals surface area contributed by atoms with Crippen LogP contribution >= 0.6 is 22.9 Å². The van der Waals surface area contributed by atoms with Crippen molar-refractivity contribution in [2.24, 2.45) is 5.16 Å². The van der Waals surface area contributed by atoms with E-state index in [1.54, 1.807) is 0 Å². The molecule has 2 heterocycles. The van der Waals surface area contributed by atoms with E-state index in [9.17, 15) is 47.1 Å². The van der Waals surface area contributed by atoms with Crippen LogP contribution < -0.4 is 10.6 Å². The number of hydrogen-bond donors (Lipinski definition) is 3. The number of hydrogen-bond acceptors (Lipinski definition) is 15. The van der Waals surface area contributed by atoms with E-state index in [-0.39, 0.29) is 27.4 Å². The van der Waals surface area contributed by atoms with Gasteiger partial charge >= 0.3 is 22.2 Å². The molecular formula is C21H19ClN6O13S2. The third-order valence-electron chi connectivity index (χ3n) is 5.24. The van der Waals surface area contributed by atoms with Gasteiger partial charge in [0.05, 0.1) is 12.0 Å². The van der Waals surface area contributed by atoms with Gasteiger partial charge in [-0.25, -0.2) is 14.6 Å². The van der Waals surface area contributed by atoms with Gasteiger partial charge in [-0.3, -0.25) is 29.1 Å². The number of non-ortho nitro benzene ring substituents is 1. The maximum Gasteiger partial charge on any atom is 0.363 e. The summed E-state index contributed by atoms with van der Waals surface area (Å²) in [6, 6.07) is 1.36. The second kappa shape index (κ2) is 14.0. The Morgan fingerprint density at radius 2 is 1.93 bits per heavy atom. The number of rotatable bonds is 13. The third kappa shape index (κ3) is 8.18. The van der Waals surface area contributed by atoms with Crippen molar-refractivity contribution in [3.63, 3.8) is 0 Å². The zero-order chi connectivity index (χ0) is 31.9. The molecule has 1 aromatic heterocycles. The van der Waals surface area contributed by atoms with E-state index in [0.717, 1.165) is 18.4 Å². The quantitative estimate of drug-likeness (QED) is 0.0458. The van der Waals surface area contributed by atoms with Crippen LogP contribution in [0.25, 0.3) is 0 Å². The molecule has 0 saturated carbocycles. The largest absolute Gasteiger partial charge is 0.467 e. The van der Waals surface area contributed by atoms with Gasteiger partial charge < -0.3 is 24.9 Å². The maximum absolute atomic E-state index is 13.1. The number of methoxy groups -OCH3 is 1. The maximum atomic E-state index is 13.1. The highest BCUT2D eigenvalue weighted by atomic mass is 35.5. The lowest BCUT2D eigenvalue weighted by Gasteiger charge is -2.41. The summed E-state index contributed by atoms with van der Waals surface area (Å²) in [5.41, 5.74) is -0.689. The number of aromatic nitrogens is 1. The monoisotopic (exact) mass is 662 g/mol. The predicted molar refractivity (Wildman–Crippen MR) is 143 cm³/mol. The number of amides is 3.